The van der Waals surface area contributed by atoms with Gasteiger partial charge < -0.3 is 10.6 Å². The molecule has 1 amide bonds. The van der Waals surface area contributed by atoms with E-state index in [1.54, 1.807) is 11.3 Å². The van der Waals surface area contributed by atoms with E-state index >= 15 is 0 Å². The van der Waals surface area contributed by atoms with Crippen LogP contribution in [0.5, 0.6) is 0 Å². The number of carbonyl (C=O) groups is 1. The Kier molecular flexibility index (Phi) is 3.16. The second kappa shape index (κ2) is 4.67. The van der Waals surface area contributed by atoms with Crippen LogP contribution >= 0.6 is 11.3 Å². The van der Waals surface area contributed by atoms with Gasteiger partial charge in [-0.1, -0.05) is 6.92 Å². The molecule has 2 fully saturated rings. The number of rotatable bonds is 2. The molecule has 0 radical (unpaired) electrons. The van der Waals surface area contributed by atoms with Crippen LogP contribution in [-0.4, -0.2) is 28.9 Å². The van der Waals surface area contributed by atoms with Gasteiger partial charge in [-0.2, -0.15) is 0 Å². The van der Waals surface area contributed by atoms with Crippen molar-refractivity contribution >= 4 is 17.2 Å². The van der Waals surface area contributed by atoms with Crippen molar-refractivity contribution in [3.63, 3.8) is 0 Å². The second-order valence-electron chi connectivity index (χ2n) is 5.45. The zero-order valence-corrected chi connectivity index (χ0v) is 11.6. The van der Waals surface area contributed by atoms with Crippen LogP contribution in [0.1, 0.15) is 47.2 Å². The summed E-state index contributed by atoms with van der Waals surface area (Å²) in [6.07, 6.45) is 5.24. The summed E-state index contributed by atoms with van der Waals surface area (Å²) in [5.41, 5.74) is 6.05. The minimum absolute atomic E-state index is 0.235. The standard InChI is InChI=1S/C14H20N2OS/c1-2-12-5-6-13(18-12)14(17)16-10-3-4-11(16)8-9(15)7-10/h5-6,9-11H,2-4,7-8,15H2,1H3. The Morgan fingerprint density at radius 2 is 2.06 bits per heavy atom. The minimum Gasteiger partial charge on any atom is -0.332 e. The van der Waals surface area contributed by atoms with E-state index < -0.39 is 0 Å². The molecule has 4 heteroatoms. The van der Waals surface area contributed by atoms with Gasteiger partial charge in [0.1, 0.15) is 0 Å². The molecule has 18 heavy (non-hydrogen) atoms. The highest BCUT2D eigenvalue weighted by atomic mass is 32.1. The predicted molar refractivity (Wildman–Crippen MR) is 73.9 cm³/mol. The second-order valence-corrected chi connectivity index (χ2v) is 6.62. The maximum atomic E-state index is 12.6. The molecule has 98 valence electrons. The Labute approximate surface area is 112 Å². The Morgan fingerprint density at radius 1 is 1.39 bits per heavy atom. The molecular weight excluding hydrogens is 244 g/mol. The van der Waals surface area contributed by atoms with Gasteiger partial charge in [0.25, 0.3) is 5.91 Å². The fourth-order valence-electron chi connectivity index (χ4n) is 3.36. The molecule has 2 saturated heterocycles. The third-order valence-corrected chi connectivity index (χ3v) is 5.44. The Morgan fingerprint density at radius 3 is 2.61 bits per heavy atom. The molecular formula is C14H20N2OS. The number of piperidine rings is 1. The van der Waals surface area contributed by atoms with Gasteiger partial charge >= 0.3 is 0 Å². The lowest BCUT2D eigenvalue weighted by atomic mass is 9.98. The summed E-state index contributed by atoms with van der Waals surface area (Å²) in [5.74, 6) is 0.235. The topological polar surface area (TPSA) is 46.3 Å². The third-order valence-electron chi connectivity index (χ3n) is 4.22. The number of hydrogen-bond donors (Lipinski definition) is 1. The number of thiophene rings is 1. The van der Waals surface area contributed by atoms with Crippen molar-refractivity contribution < 1.29 is 4.79 Å². The highest BCUT2D eigenvalue weighted by molar-refractivity contribution is 7.14. The number of fused-ring (bicyclic) bond motifs is 2. The summed E-state index contributed by atoms with van der Waals surface area (Å²) in [6, 6.07) is 5.13. The highest BCUT2D eigenvalue weighted by Gasteiger charge is 2.42. The van der Waals surface area contributed by atoms with E-state index in [9.17, 15) is 4.79 Å². The van der Waals surface area contributed by atoms with Gasteiger partial charge in [0.2, 0.25) is 0 Å². The summed E-state index contributed by atoms with van der Waals surface area (Å²) in [6.45, 7) is 2.13. The van der Waals surface area contributed by atoms with E-state index in [1.165, 1.54) is 4.88 Å². The Balaban J connectivity index is 1.81. The molecule has 0 aliphatic carbocycles. The molecule has 2 aliphatic rings. The first-order valence-electron chi connectivity index (χ1n) is 6.86. The number of aryl methyl sites for hydroxylation is 1. The number of carbonyl (C=O) groups excluding carboxylic acids is 1. The summed E-state index contributed by atoms with van der Waals surface area (Å²) in [5, 5.41) is 0. The van der Waals surface area contributed by atoms with E-state index in [1.807, 2.05) is 6.07 Å². The fraction of sp³-hybridized carbons (Fsp3) is 0.643. The van der Waals surface area contributed by atoms with Crippen molar-refractivity contribution in [2.75, 3.05) is 0 Å². The fourth-order valence-corrected chi connectivity index (χ4v) is 4.25. The van der Waals surface area contributed by atoms with Crippen LogP contribution < -0.4 is 5.73 Å². The summed E-state index contributed by atoms with van der Waals surface area (Å²) >= 11 is 1.64. The van der Waals surface area contributed by atoms with Gasteiger partial charge in [0.05, 0.1) is 4.88 Å². The lowest BCUT2D eigenvalue weighted by Gasteiger charge is -2.37. The highest BCUT2D eigenvalue weighted by Crippen LogP contribution is 2.36. The van der Waals surface area contributed by atoms with Crippen LogP contribution in [0, 0.1) is 0 Å². The number of amides is 1. The first kappa shape index (κ1) is 12.2. The predicted octanol–water partition coefficient (Wildman–Crippen LogP) is 2.40. The van der Waals surface area contributed by atoms with Crippen molar-refractivity contribution in [2.45, 2.75) is 57.2 Å². The van der Waals surface area contributed by atoms with E-state index in [0.29, 0.717) is 18.1 Å². The van der Waals surface area contributed by atoms with E-state index in [0.717, 1.165) is 37.0 Å². The molecule has 2 bridgehead atoms. The summed E-state index contributed by atoms with van der Waals surface area (Å²) in [7, 11) is 0. The molecule has 0 spiro atoms. The zero-order valence-electron chi connectivity index (χ0n) is 10.8. The molecule has 3 nitrogen and oxygen atoms in total. The van der Waals surface area contributed by atoms with Crippen molar-refractivity contribution in [3.8, 4) is 0 Å². The Bertz CT molecular complexity index is 442. The SMILES string of the molecule is CCc1ccc(C(=O)N2C3CCC2CC(N)C3)s1. The number of nitrogens with two attached hydrogens (primary N) is 1. The van der Waals surface area contributed by atoms with Gasteiger partial charge in [0, 0.05) is 23.0 Å². The molecule has 2 aliphatic heterocycles. The molecule has 2 N–H and O–H groups in total. The lowest BCUT2D eigenvalue weighted by molar-refractivity contribution is 0.0580. The van der Waals surface area contributed by atoms with Crippen LogP contribution in [0.25, 0.3) is 0 Å². The van der Waals surface area contributed by atoms with Gasteiger partial charge in [-0.3, -0.25) is 4.79 Å². The first-order valence-corrected chi connectivity index (χ1v) is 7.67. The smallest absolute Gasteiger partial charge is 0.264 e. The van der Waals surface area contributed by atoms with Crippen LogP contribution in [0.2, 0.25) is 0 Å². The van der Waals surface area contributed by atoms with E-state index in [2.05, 4.69) is 17.9 Å². The lowest BCUT2D eigenvalue weighted by Crippen LogP contribution is -2.49. The number of hydrogen-bond acceptors (Lipinski definition) is 3. The molecule has 1 aromatic heterocycles. The average molecular weight is 264 g/mol. The Hall–Kier alpha value is -0.870. The van der Waals surface area contributed by atoms with E-state index in [-0.39, 0.29) is 5.91 Å². The summed E-state index contributed by atoms with van der Waals surface area (Å²) in [4.78, 5) is 16.9. The van der Waals surface area contributed by atoms with Crippen molar-refractivity contribution in [3.05, 3.63) is 21.9 Å². The van der Waals surface area contributed by atoms with Gasteiger partial charge in [-0.25, -0.2) is 0 Å². The maximum absolute atomic E-state index is 12.6. The number of nitrogens with zero attached hydrogens (tertiary/aromatic N) is 1. The summed E-state index contributed by atoms with van der Waals surface area (Å²) < 4.78 is 0. The van der Waals surface area contributed by atoms with Crippen LogP contribution in [0.15, 0.2) is 12.1 Å². The molecule has 0 saturated carbocycles. The molecule has 3 heterocycles. The molecule has 0 aromatic carbocycles. The first-order chi connectivity index (χ1) is 8.69. The molecule has 3 rings (SSSR count). The van der Waals surface area contributed by atoms with Crippen LogP contribution in [0.4, 0.5) is 0 Å². The minimum atomic E-state index is 0.235. The van der Waals surface area contributed by atoms with Crippen molar-refractivity contribution in [1.29, 1.82) is 0 Å². The average Bonchev–Trinajstić information content (AvgIpc) is 2.92. The van der Waals surface area contributed by atoms with Gasteiger partial charge in [0.15, 0.2) is 0 Å². The van der Waals surface area contributed by atoms with Crippen LogP contribution in [0.3, 0.4) is 0 Å². The third kappa shape index (κ3) is 1.97. The molecule has 2 unspecified atom stereocenters. The zero-order chi connectivity index (χ0) is 12.7. The largest absolute Gasteiger partial charge is 0.332 e. The quantitative estimate of drug-likeness (QED) is 0.891. The van der Waals surface area contributed by atoms with Gasteiger partial charge in [-0.15, -0.1) is 11.3 Å². The molecule has 1 aromatic rings. The van der Waals surface area contributed by atoms with Crippen LogP contribution in [-0.2, 0) is 6.42 Å². The molecule has 2 atom stereocenters. The normalized spacial score (nSPS) is 30.8. The van der Waals surface area contributed by atoms with Gasteiger partial charge in [-0.05, 0) is 44.2 Å². The van der Waals surface area contributed by atoms with Crippen molar-refractivity contribution in [1.82, 2.24) is 4.90 Å². The van der Waals surface area contributed by atoms with E-state index in [4.69, 9.17) is 5.73 Å². The monoisotopic (exact) mass is 264 g/mol. The van der Waals surface area contributed by atoms with Crippen molar-refractivity contribution in [2.24, 2.45) is 5.73 Å². The maximum Gasteiger partial charge on any atom is 0.264 e.